The Morgan fingerprint density at radius 3 is 2.59 bits per heavy atom. The molecule has 5 nitrogen and oxygen atoms in total. The predicted octanol–water partition coefficient (Wildman–Crippen LogP) is 4.89. The van der Waals surface area contributed by atoms with E-state index in [0.29, 0.717) is 23.7 Å². The van der Waals surface area contributed by atoms with Gasteiger partial charge in [0.1, 0.15) is 12.4 Å². The molecular weight excluding hydrogens is 434 g/mol. The SMILES string of the molecule is C=CCOc1cccc(/C=C2\C(=O)N(c3ccc(Br)cc3)C(C)=C2C(=O)OC)c1. The molecule has 0 spiro atoms. The van der Waals surface area contributed by atoms with E-state index in [1.165, 1.54) is 12.0 Å². The molecule has 29 heavy (non-hydrogen) atoms. The van der Waals surface area contributed by atoms with Crippen molar-refractivity contribution >= 4 is 39.6 Å². The summed E-state index contributed by atoms with van der Waals surface area (Å²) < 4.78 is 11.4. The van der Waals surface area contributed by atoms with Crippen LogP contribution in [0.1, 0.15) is 12.5 Å². The number of rotatable bonds is 6. The Balaban J connectivity index is 2.06. The Kier molecular flexibility index (Phi) is 6.34. The molecule has 2 aromatic rings. The number of amides is 1. The third-order valence-electron chi connectivity index (χ3n) is 4.41. The largest absolute Gasteiger partial charge is 0.490 e. The fraction of sp³-hybridized carbons (Fsp3) is 0.130. The van der Waals surface area contributed by atoms with Crippen LogP contribution in [0.3, 0.4) is 0 Å². The topological polar surface area (TPSA) is 55.8 Å². The lowest BCUT2D eigenvalue weighted by Gasteiger charge is -2.18. The van der Waals surface area contributed by atoms with Crippen molar-refractivity contribution in [3.05, 3.63) is 88.1 Å². The van der Waals surface area contributed by atoms with E-state index < -0.39 is 5.97 Å². The third kappa shape index (κ3) is 4.32. The van der Waals surface area contributed by atoms with Gasteiger partial charge in [0.15, 0.2) is 0 Å². The summed E-state index contributed by atoms with van der Waals surface area (Å²) in [4.78, 5) is 27.2. The normalized spacial score (nSPS) is 15.1. The number of hydrogen-bond acceptors (Lipinski definition) is 4. The summed E-state index contributed by atoms with van der Waals surface area (Å²) in [7, 11) is 1.30. The van der Waals surface area contributed by atoms with Crippen molar-refractivity contribution in [2.45, 2.75) is 6.92 Å². The molecule has 0 aliphatic carbocycles. The molecule has 0 bridgehead atoms. The van der Waals surface area contributed by atoms with Crippen molar-refractivity contribution in [3.8, 4) is 5.75 Å². The summed E-state index contributed by atoms with van der Waals surface area (Å²) in [6, 6.07) is 14.6. The molecule has 1 heterocycles. The van der Waals surface area contributed by atoms with E-state index in [2.05, 4.69) is 22.5 Å². The lowest BCUT2D eigenvalue weighted by atomic mass is 10.0. The molecule has 0 saturated heterocycles. The zero-order valence-corrected chi connectivity index (χ0v) is 17.7. The molecule has 0 N–H and O–H groups in total. The molecule has 1 aliphatic heterocycles. The number of ether oxygens (including phenoxy) is 2. The summed E-state index contributed by atoms with van der Waals surface area (Å²) in [5.74, 6) is -0.196. The average molecular weight is 454 g/mol. The fourth-order valence-electron chi connectivity index (χ4n) is 3.10. The van der Waals surface area contributed by atoms with Crippen LogP contribution < -0.4 is 9.64 Å². The Morgan fingerprint density at radius 2 is 1.93 bits per heavy atom. The number of methoxy groups -OCH3 is 1. The third-order valence-corrected chi connectivity index (χ3v) is 4.94. The van der Waals surface area contributed by atoms with Crippen LogP contribution in [0.25, 0.3) is 6.08 Å². The molecule has 6 heteroatoms. The number of halogens is 1. The Labute approximate surface area is 178 Å². The van der Waals surface area contributed by atoms with Gasteiger partial charge in [-0.2, -0.15) is 0 Å². The molecule has 1 amide bonds. The van der Waals surface area contributed by atoms with E-state index in [4.69, 9.17) is 9.47 Å². The van der Waals surface area contributed by atoms with Crippen LogP contribution in [0.2, 0.25) is 0 Å². The first-order valence-corrected chi connectivity index (χ1v) is 9.70. The number of esters is 1. The molecule has 0 atom stereocenters. The van der Waals surface area contributed by atoms with E-state index in [1.807, 2.05) is 42.5 Å². The van der Waals surface area contributed by atoms with Gasteiger partial charge in [-0.3, -0.25) is 9.69 Å². The zero-order chi connectivity index (χ0) is 21.0. The lowest BCUT2D eigenvalue weighted by Crippen LogP contribution is -2.24. The van der Waals surface area contributed by atoms with Crippen LogP contribution in [0.15, 0.2) is 82.5 Å². The van der Waals surface area contributed by atoms with Crippen molar-refractivity contribution in [1.82, 2.24) is 0 Å². The molecule has 2 aromatic carbocycles. The van der Waals surface area contributed by atoms with Crippen LogP contribution in [0, 0.1) is 0 Å². The first-order chi connectivity index (χ1) is 14.0. The van der Waals surface area contributed by atoms with Crippen LogP contribution in [0.4, 0.5) is 5.69 Å². The molecule has 0 radical (unpaired) electrons. The van der Waals surface area contributed by atoms with Gasteiger partial charge in [0.05, 0.1) is 18.3 Å². The zero-order valence-electron chi connectivity index (χ0n) is 16.1. The molecule has 1 aliphatic rings. The van der Waals surface area contributed by atoms with E-state index in [1.54, 1.807) is 25.1 Å². The first kappa shape index (κ1) is 20.6. The molecule has 0 aromatic heterocycles. The van der Waals surface area contributed by atoms with Crippen molar-refractivity contribution < 1.29 is 19.1 Å². The first-order valence-electron chi connectivity index (χ1n) is 8.91. The monoisotopic (exact) mass is 453 g/mol. The molecule has 0 fully saturated rings. The van der Waals surface area contributed by atoms with E-state index in [9.17, 15) is 9.59 Å². The minimum atomic E-state index is -0.555. The summed E-state index contributed by atoms with van der Waals surface area (Å²) in [5, 5.41) is 0. The van der Waals surface area contributed by atoms with Gasteiger partial charge in [-0.1, -0.05) is 40.7 Å². The summed E-state index contributed by atoms with van der Waals surface area (Å²) >= 11 is 3.39. The van der Waals surface area contributed by atoms with Crippen molar-refractivity contribution in [1.29, 1.82) is 0 Å². The second-order valence-electron chi connectivity index (χ2n) is 6.30. The number of carbonyl (C=O) groups is 2. The maximum atomic E-state index is 13.2. The Morgan fingerprint density at radius 1 is 1.21 bits per heavy atom. The number of allylic oxidation sites excluding steroid dienone is 1. The van der Waals surface area contributed by atoms with Crippen LogP contribution in [-0.2, 0) is 14.3 Å². The maximum absolute atomic E-state index is 13.2. The fourth-order valence-corrected chi connectivity index (χ4v) is 3.36. The highest BCUT2D eigenvalue weighted by molar-refractivity contribution is 9.10. The average Bonchev–Trinajstić information content (AvgIpc) is 2.96. The summed E-state index contributed by atoms with van der Waals surface area (Å²) in [5.41, 5.74) is 2.45. The number of benzene rings is 2. The van der Waals surface area contributed by atoms with E-state index in [0.717, 1.165) is 10.0 Å². The van der Waals surface area contributed by atoms with Gasteiger partial charge in [0, 0.05) is 15.9 Å². The lowest BCUT2D eigenvalue weighted by molar-refractivity contribution is -0.136. The second kappa shape index (κ2) is 8.92. The quantitative estimate of drug-likeness (QED) is 0.354. The predicted molar refractivity (Wildman–Crippen MR) is 116 cm³/mol. The van der Waals surface area contributed by atoms with Gasteiger partial charge in [-0.25, -0.2) is 4.79 Å². The minimum absolute atomic E-state index is 0.248. The molecule has 0 saturated carbocycles. The van der Waals surface area contributed by atoms with Gasteiger partial charge in [-0.05, 0) is 55.0 Å². The summed E-state index contributed by atoms with van der Waals surface area (Å²) in [6.07, 6.45) is 3.33. The molecule has 3 rings (SSSR count). The van der Waals surface area contributed by atoms with Gasteiger partial charge in [0.25, 0.3) is 5.91 Å². The Hall–Kier alpha value is -3.12. The Bertz CT molecular complexity index is 1020. The number of carbonyl (C=O) groups excluding carboxylic acids is 2. The highest BCUT2D eigenvalue weighted by atomic mass is 79.9. The van der Waals surface area contributed by atoms with Gasteiger partial charge in [-0.15, -0.1) is 0 Å². The van der Waals surface area contributed by atoms with Crippen LogP contribution in [0.5, 0.6) is 5.75 Å². The molecule has 0 unspecified atom stereocenters. The van der Waals surface area contributed by atoms with Crippen molar-refractivity contribution in [3.63, 3.8) is 0 Å². The highest BCUT2D eigenvalue weighted by Gasteiger charge is 2.37. The molecular formula is C23H20BrNO4. The smallest absolute Gasteiger partial charge is 0.340 e. The summed E-state index contributed by atoms with van der Waals surface area (Å²) in [6.45, 7) is 5.74. The van der Waals surface area contributed by atoms with Gasteiger partial charge < -0.3 is 9.47 Å². The second-order valence-corrected chi connectivity index (χ2v) is 7.21. The molecule has 148 valence electrons. The number of nitrogens with zero attached hydrogens (tertiary/aromatic N) is 1. The van der Waals surface area contributed by atoms with E-state index in [-0.39, 0.29) is 17.1 Å². The van der Waals surface area contributed by atoms with Crippen molar-refractivity contribution in [2.75, 3.05) is 18.6 Å². The standard InChI is InChI=1S/C23H20BrNO4/c1-4-12-29-19-7-5-6-16(13-19)14-20-21(23(27)28-3)15(2)25(22(20)26)18-10-8-17(24)9-11-18/h4-11,13-14H,1,12H2,2-3H3/b20-14-. The number of hydrogen-bond donors (Lipinski definition) is 0. The van der Waals surface area contributed by atoms with Crippen LogP contribution >= 0.6 is 15.9 Å². The maximum Gasteiger partial charge on any atom is 0.340 e. The number of anilines is 1. The van der Waals surface area contributed by atoms with Gasteiger partial charge in [0.2, 0.25) is 0 Å². The van der Waals surface area contributed by atoms with Crippen molar-refractivity contribution in [2.24, 2.45) is 0 Å². The van der Waals surface area contributed by atoms with Gasteiger partial charge >= 0.3 is 5.97 Å². The minimum Gasteiger partial charge on any atom is -0.490 e. The highest BCUT2D eigenvalue weighted by Crippen LogP contribution is 2.36. The van der Waals surface area contributed by atoms with E-state index >= 15 is 0 Å². The van der Waals surface area contributed by atoms with Crippen LogP contribution in [-0.4, -0.2) is 25.6 Å².